The number of ether oxygens (including phenoxy) is 1. The van der Waals surface area contributed by atoms with Crippen LogP contribution in [0.15, 0.2) is 18.2 Å². The van der Waals surface area contributed by atoms with Crippen molar-refractivity contribution in [3.05, 3.63) is 29.6 Å². The van der Waals surface area contributed by atoms with Crippen molar-refractivity contribution in [1.82, 2.24) is 15.1 Å². The Bertz CT molecular complexity index is 557. The van der Waals surface area contributed by atoms with E-state index in [0.717, 1.165) is 25.9 Å². The first-order valence-electron chi connectivity index (χ1n) is 8.42. The van der Waals surface area contributed by atoms with Crippen molar-refractivity contribution in [2.24, 2.45) is 0 Å². The van der Waals surface area contributed by atoms with Crippen LogP contribution in [0.2, 0.25) is 0 Å². The summed E-state index contributed by atoms with van der Waals surface area (Å²) in [6.07, 6.45) is 1.92. The number of halogens is 1. The molecule has 1 amide bonds. The van der Waals surface area contributed by atoms with E-state index in [1.165, 1.54) is 13.2 Å². The van der Waals surface area contributed by atoms with Gasteiger partial charge < -0.3 is 15.0 Å². The fourth-order valence-corrected chi connectivity index (χ4v) is 3.02. The number of methoxy groups -OCH3 is 1. The van der Waals surface area contributed by atoms with E-state index in [-0.39, 0.29) is 17.8 Å². The van der Waals surface area contributed by atoms with Crippen LogP contribution in [0.1, 0.15) is 31.4 Å². The van der Waals surface area contributed by atoms with Crippen molar-refractivity contribution in [2.45, 2.75) is 31.8 Å². The minimum absolute atomic E-state index is 0.0594. The summed E-state index contributed by atoms with van der Waals surface area (Å²) in [5, 5.41) is 3.51. The van der Waals surface area contributed by atoms with Crippen LogP contribution in [-0.2, 0) is 4.79 Å². The number of nitrogens with one attached hydrogen (secondary N) is 1. The summed E-state index contributed by atoms with van der Waals surface area (Å²) < 4.78 is 19.2. The first-order chi connectivity index (χ1) is 11.4. The maximum absolute atomic E-state index is 14.2. The van der Waals surface area contributed by atoms with Crippen molar-refractivity contribution >= 4 is 5.91 Å². The molecule has 6 heteroatoms. The molecule has 1 heterocycles. The Morgan fingerprint density at radius 3 is 2.62 bits per heavy atom. The molecule has 1 aromatic rings. The predicted molar refractivity (Wildman–Crippen MR) is 92.7 cm³/mol. The summed E-state index contributed by atoms with van der Waals surface area (Å²) in [5.41, 5.74) is 0.654. The van der Waals surface area contributed by atoms with Crippen molar-refractivity contribution in [3.63, 3.8) is 0 Å². The first kappa shape index (κ1) is 18.7. The zero-order valence-electron chi connectivity index (χ0n) is 15.0. The van der Waals surface area contributed by atoms with Gasteiger partial charge in [-0.1, -0.05) is 6.07 Å². The maximum Gasteiger partial charge on any atom is 0.236 e. The summed E-state index contributed by atoms with van der Waals surface area (Å²) in [5.74, 6) is 0.417. The minimum atomic E-state index is -0.247. The molecule has 0 unspecified atom stereocenters. The lowest BCUT2D eigenvalue weighted by Crippen LogP contribution is -2.46. The molecule has 0 spiro atoms. The SMILES string of the molecule is COc1ccc([C@H](C)NC2CCN(CC(=O)N(C)C)CC2)c(F)c1. The number of benzene rings is 1. The Balaban J connectivity index is 1.84. The zero-order chi connectivity index (χ0) is 17.7. The fourth-order valence-electron chi connectivity index (χ4n) is 3.02. The number of likely N-dealkylation sites (N-methyl/N-ethyl adjacent to an activating group) is 1. The molecule has 134 valence electrons. The van der Waals surface area contributed by atoms with Gasteiger partial charge in [-0.3, -0.25) is 9.69 Å². The second-order valence-corrected chi connectivity index (χ2v) is 6.61. The van der Waals surface area contributed by atoms with Gasteiger partial charge in [0.2, 0.25) is 5.91 Å². The molecule has 1 aliphatic heterocycles. The molecule has 1 aromatic carbocycles. The van der Waals surface area contributed by atoms with Crippen LogP contribution in [0, 0.1) is 5.82 Å². The summed E-state index contributed by atoms with van der Waals surface area (Å²) in [4.78, 5) is 15.6. The number of hydrogen-bond donors (Lipinski definition) is 1. The first-order valence-corrected chi connectivity index (χ1v) is 8.42. The quantitative estimate of drug-likeness (QED) is 0.863. The van der Waals surface area contributed by atoms with Crippen LogP contribution in [0.25, 0.3) is 0 Å². The Hall–Kier alpha value is -1.66. The largest absolute Gasteiger partial charge is 0.497 e. The highest BCUT2D eigenvalue weighted by Gasteiger charge is 2.23. The van der Waals surface area contributed by atoms with E-state index in [1.807, 2.05) is 6.92 Å². The van der Waals surface area contributed by atoms with Gasteiger partial charge in [0, 0.05) is 50.9 Å². The van der Waals surface area contributed by atoms with Crippen molar-refractivity contribution < 1.29 is 13.9 Å². The summed E-state index contributed by atoms with van der Waals surface area (Å²) in [6.45, 7) is 4.22. The lowest BCUT2D eigenvalue weighted by atomic mass is 10.0. The highest BCUT2D eigenvalue weighted by atomic mass is 19.1. The van der Waals surface area contributed by atoms with Gasteiger partial charge in [0.25, 0.3) is 0 Å². The van der Waals surface area contributed by atoms with E-state index in [2.05, 4.69) is 10.2 Å². The molecule has 1 saturated heterocycles. The molecule has 24 heavy (non-hydrogen) atoms. The maximum atomic E-state index is 14.2. The molecule has 2 rings (SSSR count). The average molecular weight is 337 g/mol. The third-order valence-electron chi connectivity index (χ3n) is 4.61. The molecular weight excluding hydrogens is 309 g/mol. The van der Waals surface area contributed by atoms with Crippen LogP contribution in [0.4, 0.5) is 4.39 Å². The normalized spacial score (nSPS) is 17.5. The van der Waals surface area contributed by atoms with E-state index < -0.39 is 0 Å². The van der Waals surface area contributed by atoms with Gasteiger partial charge in [-0.2, -0.15) is 0 Å². The molecule has 0 aromatic heterocycles. The molecule has 0 saturated carbocycles. The molecule has 5 nitrogen and oxygen atoms in total. The highest BCUT2D eigenvalue weighted by molar-refractivity contribution is 5.77. The molecule has 0 radical (unpaired) electrons. The standard InChI is InChI=1S/C18H28FN3O2/c1-13(16-6-5-15(24-4)11-17(16)19)20-14-7-9-22(10-8-14)12-18(23)21(2)3/h5-6,11,13-14,20H,7-10,12H2,1-4H3/t13-/m0/s1. The number of piperidine rings is 1. The van der Waals surface area contributed by atoms with Crippen LogP contribution in [-0.4, -0.2) is 62.6 Å². The van der Waals surface area contributed by atoms with Gasteiger partial charge in [0.05, 0.1) is 13.7 Å². The van der Waals surface area contributed by atoms with Crippen molar-refractivity contribution in [2.75, 3.05) is 40.8 Å². The van der Waals surface area contributed by atoms with E-state index in [1.54, 1.807) is 31.1 Å². The summed E-state index contributed by atoms with van der Waals surface area (Å²) in [7, 11) is 5.09. The Morgan fingerprint density at radius 2 is 2.08 bits per heavy atom. The van der Waals surface area contributed by atoms with Gasteiger partial charge in [-0.25, -0.2) is 4.39 Å². The monoisotopic (exact) mass is 337 g/mol. The third-order valence-corrected chi connectivity index (χ3v) is 4.61. The molecule has 0 bridgehead atoms. The van der Waals surface area contributed by atoms with E-state index in [0.29, 0.717) is 23.9 Å². The van der Waals surface area contributed by atoms with Crippen LogP contribution < -0.4 is 10.1 Å². The number of carbonyl (C=O) groups is 1. The molecule has 1 atom stereocenters. The lowest BCUT2D eigenvalue weighted by molar-refractivity contribution is -0.130. The number of amides is 1. The van der Waals surface area contributed by atoms with Crippen LogP contribution >= 0.6 is 0 Å². The zero-order valence-corrected chi connectivity index (χ0v) is 15.0. The predicted octanol–water partition coefficient (Wildman–Crippen LogP) is 2.04. The molecule has 1 N–H and O–H groups in total. The average Bonchev–Trinajstić information content (AvgIpc) is 2.56. The van der Waals surface area contributed by atoms with Gasteiger partial charge in [0.1, 0.15) is 11.6 Å². The summed E-state index contributed by atoms with van der Waals surface area (Å²) in [6, 6.07) is 5.26. The molecule has 0 aliphatic carbocycles. The molecule has 1 aliphatic rings. The smallest absolute Gasteiger partial charge is 0.236 e. The number of hydrogen-bond acceptors (Lipinski definition) is 4. The lowest BCUT2D eigenvalue weighted by Gasteiger charge is -2.34. The highest BCUT2D eigenvalue weighted by Crippen LogP contribution is 2.23. The fraction of sp³-hybridized carbons (Fsp3) is 0.611. The van der Waals surface area contributed by atoms with Gasteiger partial charge in [-0.15, -0.1) is 0 Å². The van der Waals surface area contributed by atoms with Gasteiger partial charge >= 0.3 is 0 Å². The van der Waals surface area contributed by atoms with Crippen molar-refractivity contribution in [3.8, 4) is 5.75 Å². The topological polar surface area (TPSA) is 44.8 Å². The van der Waals surface area contributed by atoms with E-state index in [4.69, 9.17) is 4.74 Å². The third kappa shape index (κ3) is 4.92. The number of carbonyl (C=O) groups excluding carboxylic acids is 1. The van der Waals surface area contributed by atoms with Crippen molar-refractivity contribution in [1.29, 1.82) is 0 Å². The second-order valence-electron chi connectivity index (χ2n) is 6.61. The number of nitrogens with zero attached hydrogens (tertiary/aromatic N) is 2. The Labute approximate surface area is 143 Å². The van der Waals surface area contributed by atoms with E-state index >= 15 is 0 Å². The summed E-state index contributed by atoms with van der Waals surface area (Å²) >= 11 is 0. The van der Waals surface area contributed by atoms with Gasteiger partial charge in [0.15, 0.2) is 0 Å². The Morgan fingerprint density at radius 1 is 1.42 bits per heavy atom. The number of likely N-dealkylation sites (tertiary alicyclic amines) is 1. The minimum Gasteiger partial charge on any atom is -0.497 e. The van der Waals surface area contributed by atoms with E-state index in [9.17, 15) is 9.18 Å². The number of rotatable bonds is 6. The Kier molecular flexibility index (Phi) is 6.57. The molecule has 1 fully saturated rings. The van der Waals surface area contributed by atoms with Gasteiger partial charge in [-0.05, 0) is 25.8 Å². The molecular formula is C18H28FN3O2. The second kappa shape index (κ2) is 8.44. The van der Waals surface area contributed by atoms with Crippen LogP contribution in [0.5, 0.6) is 5.75 Å². The van der Waals surface area contributed by atoms with Crippen LogP contribution in [0.3, 0.4) is 0 Å².